The molecule has 0 unspecified atom stereocenters. The molecule has 0 aliphatic carbocycles. The zero-order valence-electron chi connectivity index (χ0n) is 15.2. The number of thiazole rings is 1. The average molecular weight is 434 g/mol. The fourth-order valence-corrected chi connectivity index (χ4v) is 3.79. The Morgan fingerprint density at radius 3 is 2.68 bits per heavy atom. The normalized spacial score (nSPS) is 10.6. The van der Waals surface area contributed by atoms with Crippen molar-refractivity contribution in [2.24, 2.45) is 0 Å². The Hall–Kier alpha value is -2.41. The molecule has 2 amide bonds. The molecule has 0 spiro atoms. The smallest absolute Gasteiger partial charge is 0.257 e. The number of aromatic nitrogens is 1. The summed E-state index contributed by atoms with van der Waals surface area (Å²) in [6.07, 6.45) is 2.28. The van der Waals surface area contributed by atoms with Crippen LogP contribution in [0.1, 0.15) is 33.3 Å². The molecule has 28 heavy (non-hydrogen) atoms. The maximum absolute atomic E-state index is 12.5. The predicted molar refractivity (Wildman–Crippen MR) is 115 cm³/mol. The van der Waals surface area contributed by atoms with E-state index >= 15 is 0 Å². The number of carbonyl (C=O) groups excluding carboxylic acids is 2. The first-order valence-corrected chi connectivity index (χ1v) is 9.98. The Balaban J connectivity index is 1.72. The second kappa shape index (κ2) is 8.73. The van der Waals surface area contributed by atoms with Crippen LogP contribution in [-0.2, 0) is 11.2 Å². The van der Waals surface area contributed by atoms with Crippen molar-refractivity contribution in [2.75, 3.05) is 10.6 Å². The van der Waals surface area contributed by atoms with Crippen molar-refractivity contribution < 1.29 is 9.59 Å². The minimum absolute atomic E-state index is 0.190. The van der Waals surface area contributed by atoms with Gasteiger partial charge in [-0.3, -0.25) is 14.9 Å². The van der Waals surface area contributed by atoms with Crippen molar-refractivity contribution in [3.05, 3.63) is 74.2 Å². The molecule has 3 rings (SSSR count). The zero-order valence-corrected chi connectivity index (χ0v) is 17.5. The summed E-state index contributed by atoms with van der Waals surface area (Å²) >= 11 is 13.6. The van der Waals surface area contributed by atoms with Crippen LogP contribution < -0.4 is 10.6 Å². The molecule has 0 saturated carbocycles. The molecule has 144 valence electrons. The lowest BCUT2D eigenvalue weighted by molar-refractivity contribution is -0.114. The van der Waals surface area contributed by atoms with Crippen LogP contribution in [0.3, 0.4) is 0 Å². The van der Waals surface area contributed by atoms with E-state index in [-0.39, 0.29) is 11.8 Å². The van der Waals surface area contributed by atoms with Gasteiger partial charge in [0.05, 0.1) is 10.0 Å². The van der Waals surface area contributed by atoms with E-state index in [1.54, 1.807) is 30.5 Å². The monoisotopic (exact) mass is 433 g/mol. The lowest BCUT2D eigenvalue weighted by atomic mass is 10.1. The quantitative estimate of drug-likeness (QED) is 0.552. The second-order valence-corrected chi connectivity index (χ2v) is 8.09. The summed E-state index contributed by atoms with van der Waals surface area (Å²) in [6, 6.07) is 10.6. The van der Waals surface area contributed by atoms with E-state index in [4.69, 9.17) is 23.2 Å². The van der Waals surface area contributed by atoms with Crippen LogP contribution in [0.25, 0.3) is 0 Å². The van der Waals surface area contributed by atoms with Crippen LogP contribution in [0, 0.1) is 6.92 Å². The number of benzene rings is 2. The highest BCUT2D eigenvalue weighted by Crippen LogP contribution is 2.29. The number of nitrogens with zero attached hydrogens (tertiary/aromatic N) is 1. The van der Waals surface area contributed by atoms with Crippen LogP contribution in [0.15, 0.2) is 42.6 Å². The van der Waals surface area contributed by atoms with Crippen molar-refractivity contribution >= 4 is 57.2 Å². The molecule has 0 saturated heterocycles. The fraction of sp³-hybridized carbons (Fsp3) is 0.150. The Morgan fingerprint density at radius 1 is 1.14 bits per heavy atom. The third kappa shape index (κ3) is 4.90. The van der Waals surface area contributed by atoms with Crippen molar-refractivity contribution in [2.45, 2.75) is 20.3 Å². The van der Waals surface area contributed by atoms with Crippen LogP contribution in [0.2, 0.25) is 10.0 Å². The number of nitrogens with one attached hydrogen (secondary N) is 2. The number of amides is 2. The molecule has 0 bridgehead atoms. The van der Waals surface area contributed by atoms with Gasteiger partial charge in [-0.25, -0.2) is 4.98 Å². The van der Waals surface area contributed by atoms with E-state index in [1.807, 2.05) is 19.1 Å². The molecule has 0 aliphatic rings. The molecule has 0 aliphatic heterocycles. The Labute approximate surface area is 176 Å². The Bertz CT molecular complexity index is 1050. The molecule has 3 aromatic rings. The molecule has 1 heterocycles. The van der Waals surface area contributed by atoms with E-state index in [0.717, 1.165) is 16.0 Å². The third-order valence-electron chi connectivity index (χ3n) is 3.98. The van der Waals surface area contributed by atoms with E-state index in [0.29, 0.717) is 32.8 Å². The van der Waals surface area contributed by atoms with Crippen molar-refractivity contribution in [3.63, 3.8) is 0 Å². The minimum Gasteiger partial charge on any atom is -0.326 e. The molecular weight excluding hydrogens is 417 g/mol. The number of rotatable bonds is 5. The van der Waals surface area contributed by atoms with Crippen molar-refractivity contribution in [1.82, 2.24) is 4.98 Å². The van der Waals surface area contributed by atoms with Gasteiger partial charge >= 0.3 is 0 Å². The maximum atomic E-state index is 12.5. The maximum Gasteiger partial charge on any atom is 0.257 e. The lowest BCUT2D eigenvalue weighted by Crippen LogP contribution is -2.13. The standard InChI is InChI=1S/C20H17Cl2N3O2S/c1-11-6-7-14(9-17(11)24-12(2)26)19(27)25-20-23-10-15(28-20)8-13-4-3-5-16(21)18(13)22/h3-7,9-10H,8H2,1-2H3,(H,24,26)(H,23,25,27). The average Bonchev–Trinajstić information content (AvgIpc) is 3.07. The summed E-state index contributed by atoms with van der Waals surface area (Å²) in [5, 5.41) is 7.02. The minimum atomic E-state index is -0.298. The van der Waals surface area contributed by atoms with Gasteiger partial charge in [-0.05, 0) is 36.2 Å². The molecule has 2 aromatic carbocycles. The Kier molecular flexibility index (Phi) is 6.34. The third-order valence-corrected chi connectivity index (χ3v) is 5.75. The largest absolute Gasteiger partial charge is 0.326 e. The first-order valence-electron chi connectivity index (χ1n) is 8.40. The number of hydrogen-bond donors (Lipinski definition) is 2. The molecule has 8 heteroatoms. The number of hydrogen-bond acceptors (Lipinski definition) is 4. The van der Waals surface area contributed by atoms with Gasteiger partial charge in [-0.1, -0.05) is 41.4 Å². The second-order valence-electron chi connectivity index (χ2n) is 6.19. The first-order chi connectivity index (χ1) is 13.3. The van der Waals surface area contributed by atoms with Crippen LogP contribution >= 0.6 is 34.5 Å². The predicted octanol–water partition coefficient (Wildman–Crippen LogP) is 5.56. The van der Waals surface area contributed by atoms with E-state index < -0.39 is 0 Å². The number of halogens is 2. The van der Waals surface area contributed by atoms with Gasteiger partial charge in [-0.2, -0.15) is 0 Å². The van der Waals surface area contributed by atoms with Gasteiger partial charge in [0.15, 0.2) is 5.13 Å². The number of carbonyl (C=O) groups is 2. The van der Waals surface area contributed by atoms with E-state index in [1.165, 1.54) is 18.3 Å². The van der Waals surface area contributed by atoms with Gasteiger partial charge < -0.3 is 5.32 Å². The molecular formula is C20H17Cl2N3O2S. The van der Waals surface area contributed by atoms with E-state index in [9.17, 15) is 9.59 Å². The highest BCUT2D eigenvalue weighted by Gasteiger charge is 2.13. The van der Waals surface area contributed by atoms with Gasteiger partial charge in [0.25, 0.3) is 5.91 Å². The molecule has 0 fully saturated rings. The van der Waals surface area contributed by atoms with Crippen molar-refractivity contribution in [3.8, 4) is 0 Å². The summed E-state index contributed by atoms with van der Waals surface area (Å²) in [5.41, 5.74) is 2.82. The summed E-state index contributed by atoms with van der Waals surface area (Å²) in [4.78, 5) is 29.0. The first kappa shape index (κ1) is 20.3. The van der Waals surface area contributed by atoms with Crippen LogP contribution in [0.5, 0.6) is 0 Å². The van der Waals surface area contributed by atoms with Gasteiger partial charge in [0.2, 0.25) is 5.91 Å². The lowest BCUT2D eigenvalue weighted by Gasteiger charge is -2.09. The Morgan fingerprint density at radius 2 is 1.93 bits per heavy atom. The highest BCUT2D eigenvalue weighted by molar-refractivity contribution is 7.15. The SMILES string of the molecule is CC(=O)Nc1cc(C(=O)Nc2ncc(Cc3cccc(Cl)c3Cl)s2)ccc1C. The molecule has 0 radical (unpaired) electrons. The van der Waals surface area contributed by atoms with Crippen LogP contribution in [0.4, 0.5) is 10.8 Å². The fourth-order valence-electron chi connectivity index (χ4n) is 2.58. The summed E-state index contributed by atoms with van der Waals surface area (Å²) in [7, 11) is 0. The number of aryl methyl sites for hydroxylation is 1. The highest BCUT2D eigenvalue weighted by atomic mass is 35.5. The van der Waals surface area contributed by atoms with Gasteiger partial charge in [0.1, 0.15) is 0 Å². The topological polar surface area (TPSA) is 71.1 Å². The number of anilines is 2. The van der Waals surface area contributed by atoms with Crippen molar-refractivity contribution in [1.29, 1.82) is 0 Å². The van der Waals surface area contributed by atoms with E-state index in [2.05, 4.69) is 15.6 Å². The zero-order chi connectivity index (χ0) is 20.3. The molecule has 2 N–H and O–H groups in total. The molecule has 0 atom stereocenters. The summed E-state index contributed by atoms with van der Waals surface area (Å²) < 4.78 is 0. The van der Waals surface area contributed by atoms with Crippen LogP contribution in [-0.4, -0.2) is 16.8 Å². The molecule has 1 aromatic heterocycles. The summed E-state index contributed by atoms with van der Waals surface area (Å²) in [5.74, 6) is -0.488. The van der Waals surface area contributed by atoms with Gasteiger partial charge in [-0.15, -0.1) is 11.3 Å². The van der Waals surface area contributed by atoms with Gasteiger partial charge in [0, 0.05) is 35.7 Å². The summed E-state index contributed by atoms with van der Waals surface area (Å²) in [6.45, 7) is 3.29. The molecule has 5 nitrogen and oxygen atoms in total.